The Morgan fingerprint density at radius 2 is 1.34 bits per heavy atom. The fraction of sp³-hybridized carbons (Fsp3) is 0.444. The predicted octanol–water partition coefficient (Wildman–Crippen LogP) is 5.80. The molecule has 0 radical (unpaired) electrons. The molecule has 3 fully saturated rings. The second kappa shape index (κ2) is 15.9. The average Bonchev–Trinajstić information content (AvgIpc) is 3.21. The van der Waals surface area contributed by atoms with Gasteiger partial charge in [-0.2, -0.15) is 0 Å². The van der Waals surface area contributed by atoms with E-state index in [1.165, 1.54) is 26.0 Å². The quantitative estimate of drug-likeness (QED) is 0.150. The summed E-state index contributed by atoms with van der Waals surface area (Å²) in [6, 6.07) is 25.6. The van der Waals surface area contributed by atoms with Gasteiger partial charge in [0.2, 0.25) is 0 Å². The second-order valence-corrected chi connectivity index (χ2v) is 16.4. The largest absolute Gasteiger partial charge is 0.509 e. The van der Waals surface area contributed by atoms with E-state index in [2.05, 4.69) is 0 Å². The summed E-state index contributed by atoms with van der Waals surface area (Å²) < 4.78 is 41.2. The molecule has 2 saturated carbocycles. The lowest BCUT2D eigenvalue weighted by Gasteiger charge is -2.67. The van der Waals surface area contributed by atoms with E-state index >= 15 is 4.79 Å². The number of carbonyl (C=O) groups is 5. The van der Waals surface area contributed by atoms with Crippen LogP contribution in [0.5, 0.6) is 0 Å². The maximum Gasteiger partial charge on any atom is 0.509 e. The molecule has 2 N–H and O–H groups in total. The molecule has 1 saturated heterocycles. The van der Waals surface area contributed by atoms with Crippen molar-refractivity contribution in [1.82, 2.24) is 0 Å². The van der Waals surface area contributed by atoms with Crippen molar-refractivity contribution in [1.29, 1.82) is 0 Å². The summed E-state index contributed by atoms with van der Waals surface area (Å²) in [6.45, 7) is 6.71. The normalized spacial score (nSPS) is 31.7. The number of rotatable bonds is 9. The Hall–Kier alpha value is -5.57. The number of hydrogen-bond donors (Lipinski definition) is 2. The number of hydrogen-bond acceptors (Lipinski definition) is 14. The van der Waals surface area contributed by atoms with Gasteiger partial charge in [-0.15, -0.1) is 0 Å². The minimum absolute atomic E-state index is 0.0231. The summed E-state index contributed by atoms with van der Waals surface area (Å²) in [6.07, 6.45) is -10.5. The molecule has 1 aliphatic heterocycles. The van der Waals surface area contributed by atoms with Gasteiger partial charge in [-0.3, -0.25) is 9.59 Å². The van der Waals surface area contributed by atoms with Crippen molar-refractivity contribution in [2.24, 2.45) is 16.7 Å². The van der Waals surface area contributed by atoms with Crippen molar-refractivity contribution in [2.75, 3.05) is 6.61 Å². The van der Waals surface area contributed by atoms with E-state index in [1.807, 2.05) is 6.07 Å². The number of aliphatic hydroxyl groups is 2. The summed E-state index contributed by atoms with van der Waals surface area (Å²) in [4.78, 5) is 70.0. The SMILES string of the molecule is CC(=O)O[C@@]12CO[C@@H]1C[C@H](O)[C@@]1(C)C(=O)[C@H](OC(=O)OCc3ccccc3)C3=C(C)[C@@H](OC(=O)OCc4ccccc4)C[C@@](O)([C@@H](OC(=O)c4ccccc4)[C@H]21)C3(C)C. The molecule has 4 aliphatic rings. The zero-order chi connectivity index (χ0) is 42.3. The summed E-state index contributed by atoms with van der Waals surface area (Å²) in [5.41, 5.74) is -6.07. The minimum Gasteiger partial charge on any atom is -0.455 e. The number of ketones is 1. The molecule has 3 aromatic carbocycles. The van der Waals surface area contributed by atoms with Crippen LogP contribution >= 0.6 is 0 Å². The maximum absolute atomic E-state index is 15.6. The van der Waals surface area contributed by atoms with Crippen LogP contribution in [0.25, 0.3) is 0 Å². The zero-order valence-electron chi connectivity index (χ0n) is 33.5. The van der Waals surface area contributed by atoms with Crippen molar-refractivity contribution in [3.05, 3.63) is 119 Å². The lowest BCUT2D eigenvalue weighted by Crippen LogP contribution is -2.82. The molecule has 7 rings (SSSR count). The third-order valence-electron chi connectivity index (χ3n) is 12.8. The van der Waals surface area contributed by atoms with Gasteiger partial charge >= 0.3 is 24.2 Å². The zero-order valence-corrected chi connectivity index (χ0v) is 33.5. The van der Waals surface area contributed by atoms with E-state index < -0.39 is 94.9 Å². The molecule has 312 valence electrons. The molecule has 0 spiro atoms. The van der Waals surface area contributed by atoms with E-state index in [0.29, 0.717) is 11.1 Å². The highest BCUT2D eigenvalue weighted by molar-refractivity contribution is 5.95. The lowest BCUT2D eigenvalue weighted by molar-refractivity contribution is -0.345. The van der Waals surface area contributed by atoms with Crippen LogP contribution in [0.3, 0.4) is 0 Å². The first kappa shape index (κ1) is 41.6. The number of fused-ring (bicyclic) bond motifs is 5. The van der Waals surface area contributed by atoms with Gasteiger partial charge in [-0.05, 0) is 48.3 Å². The molecule has 0 amide bonds. The smallest absolute Gasteiger partial charge is 0.455 e. The van der Waals surface area contributed by atoms with Gasteiger partial charge in [0.15, 0.2) is 17.5 Å². The van der Waals surface area contributed by atoms with Crippen molar-refractivity contribution >= 4 is 30.0 Å². The highest BCUT2D eigenvalue weighted by atomic mass is 16.7. The second-order valence-electron chi connectivity index (χ2n) is 16.4. The molecule has 14 heteroatoms. The van der Waals surface area contributed by atoms with Crippen molar-refractivity contribution in [3.63, 3.8) is 0 Å². The number of ether oxygens (including phenoxy) is 7. The molecule has 0 aromatic heterocycles. The van der Waals surface area contributed by atoms with Crippen LogP contribution in [-0.4, -0.2) is 88.6 Å². The first-order valence-electron chi connectivity index (χ1n) is 19.5. The van der Waals surface area contributed by atoms with Crippen molar-refractivity contribution < 1.29 is 67.3 Å². The topological polar surface area (TPSA) is 190 Å². The first-order chi connectivity index (χ1) is 28.0. The van der Waals surface area contributed by atoms with Crippen LogP contribution < -0.4 is 0 Å². The van der Waals surface area contributed by atoms with E-state index in [-0.39, 0.29) is 43.0 Å². The Morgan fingerprint density at radius 3 is 1.86 bits per heavy atom. The fourth-order valence-corrected chi connectivity index (χ4v) is 9.56. The number of esters is 2. The maximum atomic E-state index is 15.6. The van der Waals surface area contributed by atoms with Crippen LogP contribution in [0.2, 0.25) is 0 Å². The molecular weight excluding hydrogens is 764 g/mol. The number of Topliss-reactive ketones (excluding diaryl/α,β-unsaturated/α-hetero) is 1. The van der Waals surface area contributed by atoms with Gasteiger partial charge in [-0.1, -0.05) is 92.7 Å². The van der Waals surface area contributed by atoms with E-state index in [4.69, 9.17) is 33.2 Å². The average molecular weight is 813 g/mol. The van der Waals surface area contributed by atoms with E-state index in [1.54, 1.807) is 93.6 Å². The number of aliphatic hydroxyl groups excluding tert-OH is 1. The standard InChI is InChI=1S/C45H48O14/c1-26-31(56-40(50)53-23-28-15-9-6-10-16-28)22-45(52)38(58-39(49)30-19-13-8-14-20-30)36-43(5,32(47)21-33-44(36,25-55-33)59-27(2)46)37(48)35(34(26)42(45,3)4)57-41(51)54-24-29-17-11-7-12-18-29/h6-20,31-33,35-36,38,47,52H,21-25H2,1-5H3/t31-,32-,33+,35+,36-,38-,43+,44-,45+/m0/s1. The summed E-state index contributed by atoms with van der Waals surface area (Å²) in [7, 11) is 0. The molecule has 59 heavy (non-hydrogen) atoms. The molecule has 14 nitrogen and oxygen atoms in total. The predicted molar refractivity (Wildman–Crippen MR) is 206 cm³/mol. The fourth-order valence-electron chi connectivity index (χ4n) is 9.56. The monoisotopic (exact) mass is 812 g/mol. The molecular formula is C45H48O14. The molecule has 1 heterocycles. The van der Waals surface area contributed by atoms with E-state index in [9.17, 15) is 29.4 Å². The molecule has 9 atom stereocenters. The highest BCUT2D eigenvalue weighted by Crippen LogP contribution is 2.64. The van der Waals surface area contributed by atoms with Gasteiger partial charge in [-0.25, -0.2) is 14.4 Å². The Balaban J connectivity index is 1.40. The van der Waals surface area contributed by atoms with Gasteiger partial charge < -0.3 is 43.4 Å². The number of benzene rings is 3. The van der Waals surface area contributed by atoms with Crippen LogP contribution in [0, 0.1) is 16.7 Å². The van der Waals surface area contributed by atoms with Crippen LogP contribution in [0.15, 0.2) is 102 Å². The minimum atomic E-state index is -2.32. The van der Waals surface area contributed by atoms with Crippen LogP contribution in [-0.2, 0) is 56.0 Å². The Kier molecular flexibility index (Phi) is 11.2. The van der Waals surface area contributed by atoms with Crippen LogP contribution in [0.1, 0.15) is 68.9 Å². The Morgan fingerprint density at radius 1 is 0.797 bits per heavy atom. The first-order valence-corrected chi connectivity index (χ1v) is 19.5. The lowest BCUT2D eigenvalue weighted by atomic mass is 9.44. The van der Waals surface area contributed by atoms with Gasteiger partial charge in [0.1, 0.15) is 37.1 Å². The van der Waals surface area contributed by atoms with E-state index in [0.717, 1.165) is 0 Å². The Labute approximate surface area is 341 Å². The Bertz CT molecular complexity index is 2120. The van der Waals surface area contributed by atoms with Crippen molar-refractivity contribution in [2.45, 2.75) is 102 Å². The molecule has 2 bridgehead atoms. The van der Waals surface area contributed by atoms with Crippen LogP contribution in [0.4, 0.5) is 9.59 Å². The number of carbonyl (C=O) groups excluding carboxylic acids is 5. The molecule has 0 unspecified atom stereocenters. The third-order valence-corrected chi connectivity index (χ3v) is 12.8. The van der Waals surface area contributed by atoms with Gasteiger partial charge in [0.05, 0.1) is 29.6 Å². The summed E-state index contributed by atoms with van der Waals surface area (Å²) >= 11 is 0. The van der Waals surface area contributed by atoms with Gasteiger partial charge in [0.25, 0.3) is 0 Å². The summed E-state index contributed by atoms with van der Waals surface area (Å²) in [5.74, 6) is -4.04. The van der Waals surface area contributed by atoms with Crippen molar-refractivity contribution in [3.8, 4) is 0 Å². The third kappa shape index (κ3) is 7.27. The summed E-state index contributed by atoms with van der Waals surface area (Å²) in [5, 5.41) is 25.7. The molecule has 3 aliphatic carbocycles. The van der Waals surface area contributed by atoms with Gasteiger partial charge in [0, 0.05) is 25.2 Å². The molecule has 3 aromatic rings. The highest BCUT2D eigenvalue weighted by Gasteiger charge is 2.78.